The van der Waals surface area contributed by atoms with E-state index in [0.717, 1.165) is 19.6 Å². The molecule has 4 nitrogen and oxygen atoms in total. The normalized spacial score (nSPS) is 22.6. The second-order valence-corrected chi connectivity index (χ2v) is 6.52. The summed E-state index contributed by atoms with van der Waals surface area (Å²) in [5.74, 6) is 0.229. The summed E-state index contributed by atoms with van der Waals surface area (Å²) in [7, 11) is 2.20. The average molecular weight is 281 g/mol. The number of hydrogen-bond acceptors (Lipinski definition) is 3. The average Bonchev–Trinajstić information content (AvgIpc) is 3.14. The molecule has 1 N–H and O–H groups in total. The molecule has 1 aliphatic heterocycles. The van der Waals surface area contributed by atoms with Crippen LogP contribution in [0.3, 0.4) is 0 Å². The van der Waals surface area contributed by atoms with E-state index < -0.39 is 0 Å². The summed E-state index contributed by atoms with van der Waals surface area (Å²) < 4.78 is 0. The quantitative estimate of drug-likeness (QED) is 0.773. The molecule has 116 valence electrons. The van der Waals surface area contributed by atoms with Crippen molar-refractivity contribution in [2.24, 2.45) is 0 Å². The molecule has 20 heavy (non-hydrogen) atoms. The monoisotopic (exact) mass is 281 g/mol. The van der Waals surface area contributed by atoms with Gasteiger partial charge in [0, 0.05) is 25.0 Å². The molecule has 2 aliphatic rings. The third-order valence-electron chi connectivity index (χ3n) is 5.29. The maximum atomic E-state index is 12.1. The van der Waals surface area contributed by atoms with E-state index in [1.54, 1.807) is 0 Å². The second-order valence-electron chi connectivity index (χ2n) is 6.52. The molecule has 2 rings (SSSR count). The van der Waals surface area contributed by atoms with Crippen molar-refractivity contribution in [3.63, 3.8) is 0 Å². The fourth-order valence-electron chi connectivity index (χ4n) is 3.68. The van der Waals surface area contributed by atoms with Crippen molar-refractivity contribution in [2.45, 2.75) is 57.4 Å². The van der Waals surface area contributed by atoms with Crippen LogP contribution in [-0.2, 0) is 4.79 Å². The van der Waals surface area contributed by atoms with Gasteiger partial charge in [0.1, 0.15) is 0 Å². The zero-order chi connectivity index (χ0) is 14.4. The molecule has 0 aromatic rings. The van der Waals surface area contributed by atoms with Crippen LogP contribution in [0.2, 0.25) is 0 Å². The largest absolute Gasteiger partial charge is 0.354 e. The summed E-state index contributed by atoms with van der Waals surface area (Å²) >= 11 is 0. The van der Waals surface area contributed by atoms with Crippen molar-refractivity contribution < 1.29 is 4.79 Å². The van der Waals surface area contributed by atoms with Crippen LogP contribution in [0.1, 0.15) is 51.9 Å². The van der Waals surface area contributed by atoms with E-state index >= 15 is 0 Å². The Labute approximate surface area is 123 Å². The Bertz CT molecular complexity index is 307. The van der Waals surface area contributed by atoms with E-state index in [0.29, 0.717) is 6.42 Å². The smallest absolute Gasteiger partial charge is 0.221 e. The first-order chi connectivity index (χ1) is 9.66. The highest BCUT2D eigenvalue weighted by Crippen LogP contribution is 2.33. The molecule has 1 amide bonds. The van der Waals surface area contributed by atoms with E-state index in [4.69, 9.17) is 0 Å². The van der Waals surface area contributed by atoms with E-state index in [1.807, 2.05) is 0 Å². The Hall–Kier alpha value is -0.610. The summed E-state index contributed by atoms with van der Waals surface area (Å²) in [5.41, 5.74) is 0.220. The van der Waals surface area contributed by atoms with Crippen molar-refractivity contribution in [2.75, 3.05) is 39.8 Å². The summed E-state index contributed by atoms with van der Waals surface area (Å²) in [6.45, 7) is 7.38. The first-order valence-corrected chi connectivity index (χ1v) is 8.36. The van der Waals surface area contributed by atoms with Gasteiger partial charge in [-0.15, -0.1) is 0 Å². The van der Waals surface area contributed by atoms with Gasteiger partial charge in [-0.3, -0.25) is 9.69 Å². The van der Waals surface area contributed by atoms with E-state index in [9.17, 15) is 4.79 Å². The van der Waals surface area contributed by atoms with Crippen molar-refractivity contribution in [3.05, 3.63) is 0 Å². The van der Waals surface area contributed by atoms with Crippen LogP contribution in [0.25, 0.3) is 0 Å². The number of carbonyl (C=O) groups excluding carboxylic acids is 1. The number of carbonyl (C=O) groups is 1. The van der Waals surface area contributed by atoms with Crippen molar-refractivity contribution >= 4 is 5.91 Å². The number of nitrogens with zero attached hydrogens (tertiary/aromatic N) is 2. The van der Waals surface area contributed by atoms with Crippen LogP contribution in [0.15, 0.2) is 0 Å². The highest BCUT2D eigenvalue weighted by atomic mass is 16.1. The van der Waals surface area contributed by atoms with Gasteiger partial charge in [0.25, 0.3) is 0 Å². The van der Waals surface area contributed by atoms with Crippen LogP contribution in [0, 0.1) is 0 Å². The number of likely N-dealkylation sites (tertiary alicyclic amines) is 1. The van der Waals surface area contributed by atoms with Crippen LogP contribution in [-0.4, -0.2) is 61.0 Å². The highest BCUT2D eigenvalue weighted by Gasteiger charge is 2.37. The molecule has 0 spiro atoms. The lowest BCUT2D eigenvalue weighted by molar-refractivity contribution is -0.122. The van der Waals surface area contributed by atoms with Gasteiger partial charge in [-0.2, -0.15) is 0 Å². The number of amides is 1. The van der Waals surface area contributed by atoms with E-state index in [-0.39, 0.29) is 11.4 Å². The van der Waals surface area contributed by atoms with Gasteiger partial charge in [0.05, 0.1) is 0 Å². The molecule has 1 aliphatic carbocycles. The lowest BCUT2D eigenvalue weighted by Crippen LogP contribution is -2.52. The van der Waals surface area contributed by atoms with E-state index in [2.05, 4.69) is 29.1 Å². The summed E-state index contributed by atoms with van der Waals surface area (Å²) in [5, 5.41) is 3.20. The SMILES string of the molecule is CCN(C)C1(CNC(=O)CCN2CCCC2)CCCC1. The minimum atomic E-state index is 0.220. The van der Waals surface area contributed by atoms with Gasteiger partial charge in [0.2, 0.25) is 5.91 Å². The lowest BCUT2D eigenvalue weighted by atomic mass is 9.95. The van der Waals surface area contributed by atoms with Crippen molar-refractivity contribution in [3.8, 4) is 0 Å². The summed E-state index contributed by atoms with van der Waals surface area (Å²) in [6.07, 6.45) is 8.30. The third-order valence-corrected chi connectivity index (χ3v) is 5.29. The predicted octanol–water partition coefficient (Wildman–Crippen LogP) is 1.85. The summed E-state index contributed by atoms with van der Waals surface area (Å²) in [4.78, 5) is 16.9. The molecule has 1 saturated carbocycles. The Kier molecular flexibility index (Phi) is 5.85. The highest BCUT2D eigenvalue weighted by molar-refractivity contribution is 5.76. The zero-order valence-corrected chi connectivity index (χ0v) is 13.3. The minimum absolute atomic E-state index is 0.220. The van der Waals surface area contributed by atoms with Gasteiger partial charge in [-0.25, -0.2) is 0 Å². The van der Waals surface area contributed by atoms with Crippen LogP contribution in [0.4, 0.5) is 0 Å². The first kappa shape index (κ1) is 15.8. The Morgan fingerprint density at radius 2 is 1.85 bits per heavy atom. The Morgan fingerprint density at radius 3 is 2.45 bits per heavy atom. The molecule has 0 atom stereocenters. The Balaban J connectivity index is 1.73. The lowest BCUT2D eigenvalue weighted by Gasteiger charge is -2.38. The van der Waals surface area contributed by atoms with Crippen molar-refractivity contribution in [1.82, 2.24) is 15.1 Å². The van der Waals surface area contributed by atoms with Gasteiger partial charge in [-0.1, -0.05) is 19.8 Å². The van der Waals surface area contributed by atoms with E-state index in [1.165, 1.54) is 51.6 Å². The number of rotatable bonds is 7. The first-order valence-electron chi connectivity index (χ1n) is 8.36. The standard InChI is InChI=1S/C16H31N3O/c1-3-18(2)16(9-4-5-10-16)14-17-15(20)8-13-19-11-6-7-12-19/h3-14H2,1-2H3,(H,17,20). The number of likely N-dealkylation sites (N-methyl/N-ethyl adjacent to an activating group) is 1. The van der Waals surface area contributed by atoms with Gasteiger partial charge in [-0.05, 0) is 52.4 Å². The molecule has 0 aromatic carbocycles. The molecular weight excluding hydrogens is 250 g/mol. The molecule has 4 heteroatoms. The predicted molar refractivity (Wildman–Crippen MR) is 82.8 cm³/mol. The number of nitrogens with one attached hydrogen (secondary N) is 1. The van der Waals surface area contributed by atoms with Crippen LogP contribution >= 0.6 is 0 Å². The van der Waals surface area contributed by atoms with Crippen LogP contribution < -0.4 is 5.32 Å². The maximum absolute atomic E-state index is 12.1. The Morgan fingerprint density at radius 1 is 1.20 bits per heavy atom. The molecule has 1 saturated heterocycles. The number of hydrogen-bond donors (Lipinski definition) is 1. The van der Waals surface area contributed by atoms with Crippen LogP contribution in [0.5, 0.6) is 0 Å². The molecule has 0 radical (unpaired) electrons. The van der Waals surface area contributed by atoms with Gasteiger partial charge in [0.15, 0.2) is 0 Å². The fourth-order valence-corrected chi connectivity index (χ4v) is 3.68. The zero-order valence-electron chi connectivity index (χ0n) is 13.3. The molecule has 0 bridgehead atoms. The molecule has 1 heterocycles. The topological polar surface area (TPSA) is 35.6 Å². The third kappa shape index (κ3) is 3.95. The molecule has 0 unspecified atom stereocenters. The van der Waals surface area contributed by atoms with Gasteiger partial charge < -0.3 is 10.2 Å². The fraction of sp³-hybridized carbons (Fsp3) is 0.938. The van der Waals surface area contributed by atoms with Gasteiger partial charge >= 0.3 is 0 Å². The minimum Gasteiger partial charge on any atom is -0.354 e. The molecule has 0 aromatic heterocycles. The molecular formula is C16H31N3O. The van der Waals surface area contributed by atoms with Crippen molar-refractivity contribution in [1.29, 1.82) is 0 Å². The molecule has 2 fully saturated rings. The second kappa shape index (κ2) is 7.41. The maximum Gasteiger partial charge on any atom is 0.221 e. The summed E-state index contributed by atoms with van der Waals surface area (Å²) in [6, 6.07) is 0.